The minimum Gasteiger partial charge on any atom is -0.465 e. The molecule has 0 bridgehead atoms. The fraction of sp³-hybridized carbons (Fsp3) is 0.700. The van der Waals surface area contributed by atoms with Crippen LogP contribution in [0.1, 0.15) is 45.4 Å². The largest absolute Gasteiger partial charge is 0.465 e. The van der Waals surface area contributed by atoms with Crippen molar-refractivity contribution in [3.8, 4) is 0 Å². The van der Waals surface area contributed by atoms with Gasteiger partial charge in [-0.3, -0.25) is 9.59 Å². The minimum absolute atomic E-state index is 0.0186. The van der Waals surface area contributed by atoms with Gasteiger partial charge in [-0.05, 0) is 56.9 Å². The molecular formula is C20H28N4O3. The molecule has 0 unspecified atom stereocenters. The Morgan fingerprint density at radius 1 is 1.07 bits per heavy atom. The van der Waals surface area contributed by atoms with Crippen molar-refractivity contribution < 1.29 is 14.3 Å². The van der Waals surface area contributed by atoms with Crippen molar-refractivity contribution >= 4 is 17.8 Å². The highest BCUT2D eigenvalue weighted by Gasteiger charge is 2.60. The van der Waals surface area contributed by atoms with Crippen molar-refractivity contribution in [2.75, 3.05) is 37.7 Å². The topological polar surface area (TPSA) is 75.6 Å². The molecule has 146 valence electrons. The molecule has 1 amide bonds. The highest BCUT2D eigenvalue weighted by molar-refractivity contribution is 6.05. The molecule has 2 aliphatic heterocycles. The van der Waals surface area contributed by atoms with Gasteiger partial charge in [-0.1, -0.05) is 0 Å². The van der Waals surface area contributed by atoms with Gasteiger partial charge >= 0.3 is 5.97 Å². The van der Waals surface area contributed by atoms with Gasteiger partial charge in [-0.15, -0.1) is 0 Å². The Kier molecular flexibility index (Phi) is 4.78. The summed E-state index contributed by atoms with van der Waals surface area (Å²) in [7, 11) is 0. The molecule has 3 heterocycles. The Morgan fingerprint density at radius 2 is 1.78 bits per heavy atom. The molecule has 1 spiro atoms. The number of hydrogen-bond donors (Lipinski definition) is 0. The van der Waals surface area contributed by atoms with Gasteiger partial charge < -0.3 is 14.5 Å². The SMILES string of the molecule is CCOC(=O)C1(C(=O)N2CCC3(CCCN(c4ncccn4)C3)CC2)CC1. The zero-order chi connectivity index (χ0) is 18.9. The molecule has 0 radical (unpaired) electrons. The van der Waals surface area contributed by atoms with Crippen molar-refractivity contribution in [2.24, 2.45) is 10.8 Å². The molecule has 7 nitrogen and oxygen atoms in total. The van der Waals surface area contributed by atoms with Crippen LogP contribution < -0.4 is 4.90 Å². The first-order valence-electron chi connectivity index (χ1n) is 10.1. The predicted molar refractivity (Wildman–Crippen MR) is 100 cm³/mol. The number of anilines is 1. The molecule has 0 N–H and O–H groups in total. The van der Waals surface area contributed by atoms with Crippen molar-refractivity contribution in [2.45, 2.75) is 45.4 Å². The number of aromatic nitrogens is 2. The predicted octanol–water partition coefficient (Wildman–Crippen LogP) is 2.03. The number of carbonyl (C=O) groups is 2. The lowest BCUT2D eigenvalue weighted by atomic mass is 9.72. The van der Waals surface area contributed by atoms with Gasteiger partial charge in [0.2, 0.25) is 11.9 Å². The summed E-state index contributed by atoms with van der Waals surface area (Å²) in [5.74, 6) is 0.449. The maximum Gasteiger partial charge on any atom is 0.321 e. The van der Waals surface area contributed by atoms with Crippen LogP contribution in [0.25, 0.3) is 0 Å². The normalized spacial score (nSPS) is 23.1. The van der Waals surface area contributed by atoms with Gasteiger partial charge in [0.25, 0.3) is 0 Å². The lowest BCUT2D eigenvalue weighted by Gasteiger charge is -2.48. The Balaban J connectivity index is 1.38. The summed E-state index contributed by atoms with van der Waals surface area (Å²) >= 11 is 0. The van der Waals surface area contributed by atoms with E-state index in [1.165, 1.54) is 6.42 Å². The molecule has 3 aliphatic rings. The van der Waals surface area contributed by atoms with E-state index >= 15 is 0 Å². The number of nitrogens with zero attached hydrogens (tertiary/aromatic N) is 4. The van der Waals surface area contributed by atoms with E-state index in [2.05, 4.69) is 14.9 Å². The first-order valence-corrected chi connectivity index (χ1v) is 10.1. The van der Waals surface area contributed by atoms with Crippen LogP contribution in [0.3, 0.4) is 0 Å². The standard InChI is InChI=1S/C20H28N4O3/c1-2-27-17(26)20(6-7-20)16(25)23-13-8-19(9-14-23)5-3-12-24(15-19)18-21-10-4-11-22-18/h4,10-11H,2-3,5-9,12-15H2,1H3. The van der Waals surface area contributed by atoms with Gasteiger partial charge in [0.15, 0.2) is 0 Å². The van der Waals surface area contributed by atoms with Crippen LogP contribution in [-0.2, 0) is 14.3 Å². The van der Waals surface area contributed by atoms with E-state index in [9.17, 15) is 9.59 Å². The third-order valence-corrected chi connectivity index (χ3v) is 6.43. The van der Waals surface area contributed by atoms with Gasteiger partial charge in [-0.25, -0.2) is 9.97 Å². The smallest absolute Gasteiger partial charge is 0.321 e. The summed E-state index contributed by atoms with van der Waals surface area (Å²) in [5, 5.41) is 0. The van der Waals surface area contributed by atoms with E-state index < -0.39 is 5.41 Å². The molecule has 1 aromatic heterocycles. The van der Waals surface area contributed by atoms with Crippen molar-refractivity contribution in [1.29, 1.82) is 0 Å². The average Bonchev–Trinajstić information content (AvgIpc) is 3.51. The minimum atomic E-state index is -0.878. The molecule has 4 rings (SSSR count). The van der Waals surface area contributed by atoms with E-state index in [0.29, 0.717) is 19.4 Å². The second kappa shape index (κ2) is 7.09. The highest BCUT2D eigenvalue weighted by atomic mass is 16.5. The number of hydrogen-bond acceptors (Lipinski definition) is 6. The maximum atomic E-state index is 13.0. The molecule has 2 saturated heterocycles. The van der Waals surface area contributed by atoms with Crippen LogP contribution in [0.5, 0.6) is 0 Å². The Hall–Kier alpha value is -2.18. The molecule has 0 atom stereocenters. The molecule has 1 aliphatic carbocycles. The molecule has 7 heteroatoms. The highest BCUT2D eigenvalue weighted by Crippen LogP contribution is 2.50. The molecular weight excluding hydrogens is 344 g/mol. The second-order valence-corrected chi connectivity index (χ2v) is 8.17. The van der Waals surface area contributed by atoms with E-state index in [1.54, 1.807) is 19.3 Å². The van der Waals surface area contributed by atoms with Crippen molar-refractivity contribution in [1.82, 2.24) is 14.9 Å². The van der Waals surface area contributed by atoms with Crippen LogP contribution in [0.15, 0.2) is 18.5 Å². The lowest BCUT2D eigenvalue weighted by Crippen LogP contribution is -2.53. The summed E-state index contributed by atoms with van der Waals surface area (Å²) in [4.78, 5) is 38.1. The molecule has 1 saturated carbocycles. The number of amides is 1. The summed E-state index contributed by atoms with van der Waals surface area (Å²) in [6.45, 7) is 5.50. The second-order valence-electron chi connectivity index (χ2n) is 8.17. The number of piperidine rings is 2. The first-order chi connectivity index (χ1) is 13.1. The van der Waals surface area contributed by atoms with Crippen LogP contribution in [0, 0.1) is 10.8 Å². The van der Waals surface area contributed by atoms with Crippen LogP contribution in [-0.4, -0.2) is 59.5 Å². The van der Waals surface area contributed by atoms with Crippen LogP contribution in [0.2, 0.25) is 0 Å². The Labute approximate surface area is 160 Å². The number of rotatable bonds is 4. The first kappa shape index (κ1) is 18.2. The lowest BCUT2D eigenvalue weighted by molar-refractivity contribution is -0.158. The third-order valence-electron chi connectivity index (χ3n) is 6.43. The van der Waals surface area contributed by atoms with Crippen molar-refractivity contribution in [3.63, 3.8) is 0 Å². The zero-order valence-electron chi connectivity index (χ0n) is 16.0. The van der Waals surface area contributed by atoms with E-state index in [-0.39, 0.29) is 17.3 Å². The fourth-order valence-corrected chi connectivity index (χ4v) is 4.63. The Morgan fingerprint density at radius 3 is 2.41 bits per heavy atom. The quantitative estimate of drug-likeness (QED) is 0.595. The van der Waals surface area contributed by atoms with Gasteiger partial charge in [0.05, 0.1) is 6.61 Å². The molecule has 27 heavy (non-hydrogen) atoms. The summed E-state index contributed by atoms with van der Waals surface area (Å²) in [5.41, 5.74) is -0.661. The van der Waals surface area contributed by atoms with E-state index in [4.69, 9.17) is 4.74 Å². The van der Waals surface area contributed by atoms with Crippen LogP contribution in [0.4, 0.5) is 5.95 Å². The molecule has 0 aromatic carbocycles. The van der Waals surface area contributed by atoms with Crippen LogP contribution >= 0.6 is 0 Å². The Bertz CT molecular complexity index is 696. The summed E-state index contributed by atoms with van der Waals surface area (Å²) in [6.07, 6.45) is 9.09. The fourth-order valence-electron chi connectivity index (χ4n) is 4.63. The molecule has 1 aromatic rings. The summed E-state index contributed by atoms with van der Waals surface area (Å²) < 4.78 is 5.15. The van der Waals surface area contributed by atoms with Gasteiger partial charge in [-0.2, -0.15) is 0 Å². The van der Waals surface area contributed by atoms with Gasteiger partial charge in [0, 0.05) is 38.6 Å². The zero-order valence-corrected chi connectivity index (χ0v) is 16.0. The number of carbonyl (C=O) groups excluding carboxylic acids is 2. The maximum absolute atomic E-state index is 13.0. The monoisotopic (exact) mass is 372 g/mol. The number of likely N-dealkylation sites (tertiary alicyclic amines) is 1. The number of ether oxygens (including phenoxy) is 1. The number of esters is 1. The van der Waals surface area contributed by atoms with E-state index in [1.807, 2.05) is 11.0 Å². The van der Waals surface area contributed by atoms with Gasteiger partial charge in [0.1, 0.15) is 5.41 Å². The average molecular weight is 372 g/mol. The third kappa shape index (κ3) is 3.39. The molecule has 3 fully saturated rings. The summed E-state index contributed by atoms with van der Waals surface area (Å²) in [6, 6.07) is 1.84. The van der Waals surface area contributed by atoms with Crippen molar-refractivity contribution in [3.05, 3.63) is 18.5 Å². The van der Waals surface area contributed by atoms with E-state index in [0.717, 1.165) is 51.4 Å².